The topological polar surface area (TPSA) is 0 Å². The quantitative estimate of drug-likeness (QED) is 0.564. The van der Waals surface area contributed by atoms with E-state index in [2.05, 4.69) is 20.8 Å². The molecule has 0 saturated heterocycles. The molecule has 1 fully saturated rings. The van der Waals surface area contributed by atoms with Crippen LogP contribution < -0.4 is 0 Å². The predicted octanol–water partition coefficient (Wildman–Crippen LogP) is 4.00. The second-order valence-corrected chi connectivity index (χ2v) is 4.55. The summed E-state index contributed by atoms with van der Waals surface area (Å²) >= 11 is 0. The van der Waals surface area contributed by atoms with Crippen LogP contribution in [0.1, 0.15) is 59.3 Å². The van der Waals surface area contributed by atoms with Crippen LogP contribution in [0.4, 0.5) is 0 Å². The molecule has 2 atom stereocenters. The Morgan fingerprint density at radius 3 is 2.64 bits per heavy atom. The van der Waals surface area contributed by atoms with Crippen molar-refractivity contribution in [3.63, 3.8) is 0 Å². The maximum Gasteiger partial charge on any atom is -0.0300 e. The normalized spacial score (nSPS) is 39.0. The first-order valence-electron chi connectivity index (χ1n) is 5.19. The summed E-state index contributed by atoms with van der Waals surface area (Å²) in [5.41, 5.74) is 0.688. The highest BCUT2D eigenvalue weighted by molar-refractivity contribution is 4.83. The van der Waals surface area contributed by atoms with Crippen LogP contribution in [0.3, 0.4) is 0 Å². The van der Waals surface area contributed by atoms with Gasteiger partial charge in [-0.3, -0.25) is 0 Å². The lowest BCUT2D eigenvalue weighted by atomic mass is 9.66. The number of hydrogen-bond acceptors (Lipinski definition) is 0. The van der Waals surface area contributed by atoms with Crippen LogP contribution in [0.5, 0.6) is 0 Å². The molecule has 0 bridgehead atoms. The largest absolute Gasteiger partial charge is 0.0654 e. The summed E-state index contributed by atoms with van der Waals surface area (Å²) in [7, 11) is 0. The lowest BCUT2D eigenvalue weighted by Gasteiger charge is -2.39. The van der Waals surface area contributed by atoms with Crippen LogP contribution in [-0.4, -0.2) is 0 Å². The summed E-state index contributed by atoms with van der Waals surface area (Å²) in [5.74, 6) is 0.969. The van der Waals surface area contributed by atoms with E-state index in [-0.39, 0.29) is 0 Å². The molecule has 66 valence electrons. The Morgan fingerprint density at radius 1 is 1.36 bits per heavy atom. The highest BCUT2D eigenvalue weighted by atomic mass is 14.4. The van der Waals surface area contributed by atoms with Crippen molar-refractivity contribution in [3.8, 4) is 0 Å². The van der Waals surface area contributed by atoms with E-state index in [0.717, 1.165) is 5.92 Å². The molecule has 0 aromatic rings. The van der Waals surface area contributed by atoms with E-state index >= 15 is 0 Å². The van der Waals surface area contributed by atoms with E-state index in [1.807, 2.05) is 0 Å². The standard InChI is InChI=1S/C11H22/c1-4-8-11(3)9-6-5-7-10(11)2/h10H,4-9H2,1-3H3/t10-,11-/m0/s1. The lowest BCUT2D eigenvalue weighted by molar-refractivity contribution is 0.117. The van der Waals surface area contributed by atoms with Crippen molar-refractivity contribution in [1.82, 2.24) is 0 Å². The molecule has 1 rings (SSSR count). The molecule has 0 aliphatic heterocycles. The molecule has 0 heterocycles. The van der Waals surface area contributed by atoms with Gasteiger partial charge in [0.05, 0.1) is 0 Å². The monoisotopic (exact) mass is 154 g/mol. The molecule has 1 aliphatic carbocycles. The van der Waals surface area contributed by atoms with E-state index in [4.69, 9.17) is 0 Å². The molecule has 11 heavy (non-hydrogen) atoms. The number of hydrogen-bond donors (Lipinski definition) is 0. The van der Waals surface area contributed by atoms with Crippen molar-refractivity contribution < 1.29 is 0 Å². The molecule has 0 aromatic heterocycles. The molecule has 0 N–H and O–H groups in total. The van der Waals surface area contributed by atoms with Crippen molar-refractivity contribution in [3.05, 3.63) is 0 Å². The minimum absolute atomic E-state index is 0.688. The summed E-state index contributed by atoms with van der Waals surface area (Å²) in [4.78, 5) is 0. The lowest BCUT2D eigenvalue weighted by Crippen LogP contribution is -2.28. The van der Waals surface area contributed by atoms with Crippen molar-refractivity contribution in [2.24, 2.45) is 11.3 Å². The van der Waals surface area contributed by atoms with Gasteiger partial charge in [0.15, 0.2) is 0 Å². The van der Waals surface area contributed by atoms with E-state index < -0.39 is 0 Å². The fraction of sp³-hybridized carbons (Fsp3) is 1.00. The molecule has 1 saturated carbocycles. The highest BCUT2D eigenvalue weighted by Gasteiger charge is 2.32. The van der Waals surface area contributed by atoms with Crippen molar-refractivity contribution in [2.45, 2.75) is 59.3 Å². The van der Waals surface area contributed by atoms with Gasteiger partial charge < -0.3 is 0 Å². The van der Waals surface area contributed by atoms with Gasteiger partial charge in [-0.1, -0.05) is 46.5 Å². The predicted molar refractivity (Wildman–Crippen MR) is 50.6 cm³/mol. The van der Waals surface area contributed by atoms with Crippen LogP contribution in [0.2, 0.25) is 0 Å². The molecule has 0 aromatic carbocycles. The minimum atomic E-state index is 0.688. The van der Waals surface area contributed by atoms with Gasteiger partial charge >= 0.3 is 0 Å². The molecular formula is C11H22. The fourth-order valence-corrected chi connectivity index (χ4v) is 2.52. The maximum atomic E-state index is 2.49. The molecule has 0 amide bonds. The van der Waals surface area contributed by atoms with Gasteiger partial charge in [-0.2, -0.15) is 0 Å². The number of rotatable bonds is 2. The van der Waals surface area contributed by atoms with Crippen LogP contribution in [0, 0.1) is 11.3 Å². The van der Waals surface area contributed by atoms with E-state index in [9.17, 15) is 0 Å². The van der Waals surface area contributed by atoms with Crippen molar-refractivity contribution in [1.29, 1.82) is 0 Å². The summed E-state index contributed by atoms with van der Waals surface area (Å²) < 4.78 is 0. The minimum Gasteiger partial charge on any atom is -0.0654 e. The first-order valence-corrected chi connectivity index (χ1v) is 5.19. The van der Waals surface area contributed by atoms with Gasteiger partial charge in [0.2, 0.25) is 0 Å². The highest BCUT2D eigenvalue weighted by Crippen LogP contribution is 2.43. The summed E-state index contributed by atoms with van der Waals surface area (Å²) in [5, 5.41) is 0. The van der Waals surface area contributed by atoms with Gasteiger partial charge in [-0.15, -0.1) is 0 Å². The molecule has 0 radical (unpaired) electrons. The molecule has 0 spiro atoms. The Kier molecular flexibility index (Phi) is 2.98. The third-order valence-corrected chi connectivity index (χ3v) is 3.65. The van der Waals surface area contributed by atoms with Gasteiger partial charge in [-0.05, 0) is 24.2 Å². The van der Waals surface area contributed by atoms with Gasteiger partial charge in [0.25, 0.3) is 0 Å². The first kappa shape index (κ1) is 9.09. The molecule has 0 unspecified atom stereocenters. The average molecular weight is 154 g/mol. The zero-order chi connectivity index (χ0) is 8.32. The maximum absolute atomic E-state index is 2.49. The average Bonchev–Trinajstić information content (AvgIpc) is 1.96. The zero-order valence-electron chi connectivity index (χ0n) is 8.32. The van der Waals surface area contributed by atoms with Crippen LogP contribution in [0.25, 0.3) is 0 Å². The molecule has 0 heteroatoms. The second-order valence-electron chi connectivity index (χ2n) is 4.55. The summed E-state index contributed by atoms with van der Waals surface area (Å²) in [6, 6.07) is 0. The molecule has 0 nitrogen and oxygen atoms in total. The Bertz CT molecular complexity index is 113. The zero-order valence-corrected chi connectivity index (χ0v) is 8.32. The molecule has 1 aliphatic rings. The van der Waals surface area contributed by atoms with E-state index in [0.29, 0.717) is 5.41 Å². The fourth-order valence-electron chi connectivity index (χ4n) is 2.52. The molecular weight excluding hydrogens is 132 g/mol. The Balaban J connectivity index is 2.49. The van der Waals surface area contributed by atoms with E-state index in [1.54, 1.807) is 0 Å². The Morgan fingerprint density at radius 2 is 2.09 bits per heavy atom. The summed E-state index contributed by atoms with van der Waals surface area (Å²) in [6.45, 7) is 7.24. The first-order chi connectivity index (χ1) is 5.19. The van der Waals surface area contributed by atoms with Crippen molar-refractivity contribution >= 4 is 0 Å². The van der Waals surface area contributed by atoms with Crippen LogP contribution >= 0.6 is 0 Å². The van der Waals surface area contributed by atoms with Gasteiger partial charge in [0.1, 0.15) is 0 Å². The SMILES string of the molecule is CCC[C@@]1(C)CCCC[C@@H]1C. The van der Waals surface area contributed by atoms with Crippen LogP contribution in [0.15, 0.2) is 0 Å². The Hall–Kier alpha value is 0. The summed E-state index contributed by atoms with van der Waals surface area (Å²) in [6.07, 6.45) is 8.69. The van der Waals surface area contributed by atoms with Gasteiger partial charge in [-0.25, -0.2) is 0 Å². The third kappa shape index (κ3) is 1.98. The van der Waals surface area contributed by atoms with Crippen molar-refractivity contribution in [2.75, 3.05) is 0 Å². The van der Waals surface area contributed by atoms with Crippen LogP contribution in [-0.2, 0) is 0 Å². The van der Waals surface area contributed by atoms with Gasteiger partial charge in [0, 0.05) is 0 Å². The van der Waals surface area contributed by atoms with E-state index in [1.165, 1.54) is 38.5 Å². The smallest absolute Gasteiger partial charge is 0.0300 e. The third-order valence-electron chi connectivity index (χ3n) is 3.65. The second kappa shape index (κ2) is 3.60. The Labute approximate surface area is 71.4 Å².